The molecule has 1 heterocycles. The van der Waals surface area contributed by atoms with Gasteiger partial charge >= 0.3 is 0 Å². The zero-order valence-electron chi connectivity index (χ0n) is 15.5. The summed E-state index contributed by atoms with van der Waals surface area (Å²) in [6, 6.07) is 6.87. The molecular formula is C19H29BrN2OSi. The highest BCUT2D eigenvalue weighted by molar-refractivity contribution is 9.10. The number of hydrogen-bond acceptors (Lipinski definition) is 2. The number of nitrogens with zero attached hydrogens (tertiary/aromatic N) is 2. The Hall–Kier alpha value is -0.653. The number of imidazole rings is 1. The van der Waals surface area contributed by atoms with Crippen LogP contribution in [0.15, 0.2) is 29.0 Å². The van der Waals surface area contributed by atoms with Crippen molar-refractivity contribution in [1.29, 1.82) is 0 Å². The van der Waals surface area contributed by atoms with Crippen LogP contribution in [0.25, 0.3) is 11.0 Å². The summed E-state index contributed by atoms with van der Waals surface area (Å²) in [5.41, 5.74) is 2.32. The average molecular weight is 409 g/mol. The van der Waals surface area contributed by atoms with Crippen molar-refractivity contribution < 1.29 is 4.43 Å². The first-order valence-electron chi connectivity index (χ1n) is 8.97. The third-order valence-corrected chi connectivity index (χ3v) is 10.9. The van der Waals surface area contributed by atoms with E-state index in [-0.39, 0.29) is 5.04 Å². The van der Waals surface area contributed by atoms with Gasteiger partial charge in [-0.2, -0.15) is 0 Å². The Labute approximate surface area is 155 Å². The summed E-state index contributed by atoms with van der Waals surface area (Å²) in [7, 11) is -1.66. The molecule has 2 aromatic rings. The molecule has 1 saturated carbocycles. The zero-order valence-corrected chi connectivity index (χ0v) is 18.1. The van der Waals surface area contributed by atoms with Crippen molar-refractivity contribution in [3.63, 3.8) is 0 Å². The van der Waals surface area contributed by atoms with Crippen LogP contribution in [0, 0.1) is 0 Å². The molecule has 0 amide bonds. The van der Waals surface area contributed by atoms with E-state index in [9.17, 15) is 0 Å². The van der Waals surface area contributed by atoms with Crippen LogP contribution in [0.4, 0.5) is 0 Å². The van der Waals surface area contributed by atoms with Crippen molar-refractivity contribution >= 4 is 35.3 Å². The molecule has 0 atom stereocenters. The van der Waals surface area contributed by atoms with Gasteiger partial charge in [0.25, 0.3) is 0 Å². The fraction of sp³-hybridized carbons (Fsp3) is 0.632. The smallest absolute Gasteiger partial charge is 0.192 e. The van der Waals surface area contributed by atoms with Crippen molar-refractivity contribution in [2.45, 2.75) is 76.7 Å². The molecule has 132 valence electrons. The van der Waals surface area contributed by atoms with Gasteiger partial charge in [-0.15, -0.1) is 0 Å². The van der Waals surface area contributed by atoms with Crippen molar-refractivity contribution in [3.8, 4) is 0 Å². The molecule has 0 N–H and O–H groups in total. The topological polar surface area (TPSA) is 27.1 Å². The van der Waals surface area contributed by atoms with Crippen molar-refractivity contribution in [2.24, 2.45) is 0 Å². The lowest BCUT2D eigenvalue weighted by molar-refractivity contribution is 0.119. The van der Waals surface area contributed by atoms with Gasteiger partial charge in [-0.25, -0.2) is 4.98 Å². The van der Waals surface area contributed by atoms with E-state index >= 15 is 0 Å². The van der Waals surface area contributed by atoms with E-state index in [0.717, 1.165) is 22.8 Å². The van der Waals surface area contributed by atoms with Crippen molar-refractivity contribution in [3.05, 3.63) is 29.0 Å². The summed E-state index contributed by atoms with van der Waals surface area (Å²) in [5.74, 6) is 0. The molecule has 24 heavy (non-hydrogen) atoms. The molecule has 1 fully saturated rings. The lowest BCUT2D eigenvalue weighted by atomic mass is 9.93. The minimum atomic E-state index is -1.66. The maximum Gasteiger partial charge on any atom is 0.192 e. The summed E-state index contributed by atoms with van der Waals surface area (Å²) in [5, 5.41) is 0.288. The molecule has 0 bridgehead atoms. The van der Waals surface area contributed by atoms with E-state index in [2.05, 4.69) is 77.5 Å². The van der Waals surface area contributed by atoms with Gasteiger partial charge in [0.2, 0.25) is 0 Å². The second kappa shape index (κ2) is 6.58. The lowest BCUT2D eigenvalue weighted by Gasteiger charge is -2.41. The molecule has 1 aliphatic carbocycles. The Morgan fingerprint density at radius 3 is 2.46 bits per heavy atom. The van der Waals surface area contributed by atoms with Crippen LogP contribution in [-0.4, -0.2) is 24.0 Å². The maximum atomic E-state index is 6.62. The van der Waals surface area contributed by atoms with Crippen LogP contribution < -0.4 is 0 Å². The standard InChI is InChI=1S/C19H29BrN2OSi/c1-19(2,3)24(4,5)23-16-9-7-15(8-10-16)22-13-21-17-11-6-14(20)12-18(17)22/h6,11-13,15-16H,7-10H2,1-5H3/t15-,16+. The third-order valence-electron chi connectivity index (χ3n) is 5.84. The van der Waals surface area contributed by atoms with Gasteiger partial charge in [0.1, 0.15) is 0 Å². The monoisotopic (exact) mass is 408 g/mol. The van der Waals surface area contributed by atoms with Crippen LogP contribution in [-0.2, 0) is 4.43 Å². The largest absolute Gasteiger partial charge is 0.414 e. The minimum Gasteiger partial charge on any atom is -0.414 e. The first-order valence-corrected chi connectivity index (χ1v) is 12.7. The highest BCUT2D eigenvalue weighted by Crippen LogP contribution is 2.40. The molecular weight excluding hydrogens is 380 g/mol. The average Bonchev–Trinajstić information content (AvgIpc) is 2.89. The Morgan fingerprint density at radius 2 is 1.83 bits per heavy atom. The van der Waals surface area contributed by atoms with Crippen LogP contribution in [0.3, 0.4) is 0 Å². The van der Waals surface area contributed by atoms with Gasteiger partial charge in [0.15, 0.2) is 8.32 Å². The fourth-order valence-electron chi connectivity index (χ4n) is 3.32. The molecule has 0 unspecified atom stereocenters. The predicted octanol–water partition coefficient (Wildman–Crippen LogP) is 6.30. The second-order valence-electron chi connectivity index (χ2n) is 8.59. The number of rotatable bonds is 3. The molecule has 1 aromatic heterocycles. The van der Waals surface area contributed by atoms with E-state index < -0.39 is 8.32 Å². The van der Waals surface area contributed by atoms with Gasteiger partial charge in [0, 0.05) is 16.6 Å². The summed E-state index contributed by atoms with van der Waals surface area (Å²) in [6.45, 7) is 11.7. The highest BCUT2D eigenvalue weighted by Gasteiger charge is 2.39. The molecule has 3 rings (SSSR count). The molecule has 0 saturated heterocycles. The molecule has 0 spiro atoms. The molecule has 0 radical (unpaired) electrons. The molecule has 1 aliphatic rings. The van der Waals surface area contributed by atoms with E-state index in [4.69, 9.17) is 4.43 Å². The normalized spacial score (nSPS) is 22.9. The van der Waals surface area contributed by atoms with E-state index in [1.807, 2.05) is 6.33 Å². The van der Waals surface area contributed by atoms with Gasteiger partial charge in [-0.05, 0) is 62.0 Å². The number of hydrogen-bond donors (Lipinski definition) is 0. The van der Waals surface area contributed by atoms with Crippen LogP contribution in [0.1, 0.15) is 52.5 Å². The van der Waals surface area contributed by atoms with Gasteiger partial charge in [-0.1, -0.05) is 36.7 Å². The van der Waals surface area contributed by atoms with Gasteiger partial charge < -0.3 is 8.99 Å². The number of fused-ring (bicyclic) bond motifs is 1. The predicted molar refractivity (Wildman–Crippen MR) is 107 cm³/mol. The fourth-order valence-corrected chi connectivity index (χ4v) is 5.10. The van der Waals surface area contributed by atoms with E-state index in [1.165, 1.54) is 18.4 Å². The molecule has 3 nitrogen and oxygen atoms in total. The van der Waals surface area contributed by atoms with Crippen LogP contribution >= 0.6 is 15.9 Å². The Kier molecular flexibility index (Phi) is 4.97. The molecule has 0 aliphatic heterocycles. The highest BCUT2D eigenvalue weighted by atomic mass is 79.9. The van der Waals surface area contributed by atoms with Crippen LogP contribution in [0.2, 0.25) is 18.1 Å². The number of halogens is 1. The van der Waals surface area contributed by atoms with Crippen molar-refractivity contribution in [1.82, 2.24) is 9.55 Å². The number of aromatic nitrogens is 2. The first-order chi connectivity index (χ1) is 11.2. The number of benzene rings is 1. The van der Waals surface area contributed by atoms with Crippen LogP contribution in [0.5, 0.6) is 0 Å². The van der Waals surface area contributed by atoms with Gasteiger partial charge in [-0.3, -0.25) is 0 Å². The summed E-state index contributed by atoms with van der Waals surface area (Å²) < 4.78 is 10.1. The first kappa shape index (κ1) is 18.1. The second-order valence-corrected chi connectivity index (χ2v) is 14.3. The van der Waals surface area contributed by atoms with Crippen molar-refractivity contribution in [2.75, 3.05) is 0 Å². The van der Waals surface area contributed by atoms with Gasteiger partial charge in [0.05, 0.1) is 17.4 Å². The summed E-state index contributed by atoms with van der Waals surface area (Å²) in [6.07, 6.45) is 7.12. The SMILES string of the molecule is CC(C)(C)[Si](C)(C)O[C@H]1CC[C@@H](n2cnc3ccc(Br)cc32)CC1. The van der Waals surface area contributed by atoms with E-state index in [0.29, 0.717) is 12.1 Å². The summed E-state index contributed by atoms with van der Waals surface area (Å²) >= 11 is 3.58. The third kappa shape index (κ3) is 3.63. The molecule has 5 heteroatoms. The maximum absolute atomic E-state index is 6.62. The Bertz CT molecular complexity index is 712. The molecule has 1 aromatic carbocycles. The Morgan fingerprint density at radius 1 is 1.17 bits per heavy atom. The summed E-state index contributed by atoms with van der Waals surface area (Å²) in [4.78, 5) is 4.56. The minimum absolute atomic E-state index is 0.288. The zero-order chi connectivity index (χ0) is 17.5. The quantitative estimate of drug-likeness (QED) is 0.556. The Balaban J connectivity index is 1.68. The van der Waals surface area contributed by atoms with E-state index in [1.54, 1.807) is 0 Å². The lowest BCUT2D eigenvalue weighted by Crippen LogP contribution is -2.44.